The molecule has 1 fully saturated rings. The van der Waals surface area contributed by atoms with Crippen LogP contribution >= 0.6 is 0 Å². The number of nitrogen functional groups attached to an aromatic ring is 1. The second-order valence-corrected chi connectivity index (χ2v) is 4.95. The molecule has 2 rings (SSSR count). The van der Waals surface area contributed by atoms with Crippen LogP contribution in [-0.2, 0) is 11.2 Å². The number of nitrogens with zero attached hydrogens (tertiary/aromatic N) is 4. The van der Waals surface area contributed by atoms with Gasteiger partial charge in [0.2, 0.25) is 11.9 Å². The van der Waals surface area contributed by atoms with E-state index >= 15 is 0 Å². The van der Waals surface area contributed by atoms with Gasteiger partial charge in [0.15, 0.2) is 0 Å². The van der Waals surface area contributed by atoms with Crippen LogP contribution in [0.1, 0.15) is 12.7 Å². The Kier molecular flexibility index (Phi) is 5.31. The van der Waals surface area contributed by atoms with E-state index in [0.29, 0.717) is 25.3 Å². The molecule has 8 heteroatoms. The van der Waals surface area contributed by atoms with Crippen molar-refractivity contribution in [2.75, 3.05) is 51.5 Å². The number of aromatic amines is 1. The standard InChI is InChI=1S/C12H23N7O/c1-2-18-5-7-19(8-6-18)9-11(20)14-4-3-10-15-12(13)17-16-10/h2-9H2,1H3,(H,14,20)(H3,13,15,16,17). The third kappa shape index (κ3) is 4.46. The van der Waals surface area contributed by atoms with Crippen molar-refractivity contribution in [2.24, 2.45) is 0 Å². The number of H-pyrrole nitrogens is 1. The van der Waals surface area contributed by atoms with Crippen molar-refractivity contribution in [2.45, 2.75) is 13.3 Å². The van der Waals surface area contributed by atoms with Gasteiger partial charge in [-0.05, 0) is 6.54 Å². The molecule has 2 heterocycles. The lowest BCUT2D eigenvalue weighted by atomic mass is 10.3. The second kappa shape index (κ2) is 7.20. The van der Waals surface area contributed by atoms with E-state index < -0.39 is 0 Å². The summed E-state index contributed by atoms with van der Waals surface area (Å²) >= 11 is 0. The Morgan fingerprint density at radius 2 is 2.05 bits per heavy atom. The fourth-order valence-electron chi connectivity index (χ4n) is 2.26. The van der Waals surface area contributed by atoms with E-state index in [0.717, 1.165) is 32.7 Å². The van der Waals surface area contributed by atoms with E-state index in [-0.39, 0.29) is 11.9 Å². The third-order valence-electron chi connectivity index (χ3n) is 3.51. The maximum atomic E-state index is 11.8. The number of nitrogens with one attached hydrogen (secondary N) is 2. The summed E-state index contributed by atoms with van der Waals surface area (Å²) in [5.74, 6) is 0.988. The van der Waals surface area contributed by atoms with E-state index in [2.05, 4.69) is 37.2 Å². The number of piperazine rings is 1. The number of carbonyl (C=O) groups excluding carboxylic acids is 1. The molecule has 0 spiro atoms. The van der Waals surface area contributed by atoms with Crippen molar-refractivity contribution >= 4 is 11.9 Å². The molecule has 8 nitrogen and oxygen atoms in total. The minimum absolute atomic E-state index is 0.0578. The van der Waals surface area contributed by atoms with Crippen LogP contribution in [0.4, 0.5) is 5.95 Å². The number of hydrogen-bond donors (Lipinski definition) is 3. The summed E-state index contributed by atoms with van der Waals surface area (Å²) in [5, 5.41) is 9.35. The van der Waals surface area contributed by atoms with Crippen LogP contribution in [0, 0.1) is 0 Å². The van der Waals surface area contributed by atoms with Gasteiger partial charge in [0, 0.05) is 39.1 Å². The maximum Gasteiger partial charge on any atom is 0.239 e. The first-order chi connectivity index (χ1) is 9.67. The van der Waals surface area contributed by atoms with Gasteiger partial charge >= 0.3 is 0 Å². The zero-order chi connectivity index (χ0) is 14.4. The minimum atomic E-state index is 0.0578. The predicted molar refractivity (Wildman–Crippen MR) is 76.1 cm³/mol. The average Bonchev–Trinajstić information content (AvgIpc) is 2.85. The van der Waals surface area contributed by atoms with E-state index in [1.165, 1.54) is 0 Å². The SMILES string of the molecule is CCN1CCN(CC(=O)NCCc2nc(N)n[nH]2)CC1. The largest absolute Gasteiger partial charge is 0.367 e. The average molecular weight is 281 g/mol. The Morgan fingerprint density at radius 3 is 2.65 bits per heavy atom. The molecule has 20 heavy (non-hydrogen) atoms. The molecule has 0 bridgehead atoms. The van der Waals surface area contributed by atoms with E-state index in [9.17, 15) is 4.79 Å². The predicted octanol–water partition coefficient (Wildman–Crippen LogP) is -1.32. The molecular formula is C12H23N7O. The number of rotatable bonds is 6. The molecule has 0 aliphatic carbocycles. The van der Waals surface area contributed by atoms with Crippen molar-refractivity contribution in [1.29, 1.82) is 0 Å². The van der Waals surface area contributed by atoms with Gasteiger partial charge in [0.1, 0.15) is 5.82 Å². The quantitative estimate of drug-likeness (QED) is 0.598. The summed E-state index contributed by atoms with van der Waals surface area (Å²) in [5.41, 5.74) is 5.41. The van der Waals surface area contributed by atoms with Gasteiger partial charge in [-0.25, -0.2) is 0 Å². The van der Waals surface area contributed by atoms with Crippen LogP contribution in [0.25, 0.3) is 0 Å². The first-order valence-electron chi connectivity index (χ1n) is 7.05. The van der Waals surface area contributed by atoms with Crippen LogP contribution in [0.15, 0.2) is 0 Å². The van der Waals surface area contributed by atoms with Crippen LogP contribution < -0.4 is 11.1 Å². The van der Waals surface area contributed by atoms with Gasteiger partial charge in [-0.1, -0.05) is 6.92 Å². The molecule has 0 aromatic carbocycles. The lowest BCUT2D eigenvalue weighted by molar-refractivity contribution is -0.122. The number of nitrogens with two attached hydrogens (primary N) is 1. The fourth-order valence-corrected chi connectivity index (χ4v) is 2.26. The number of likely N-dealkylation sites (N-methyl/N-ethyl adjacent to an activating group) is 1. The third-order valence-corrected chi connectivity index (χ3v) is 3.51. The van der Waals surface area contributed by atoms with Crippen molar-refractivity contribution < 1.29 is 4.79 Å². The maximum absolute atomic E-state index is 11.8. The van der Waals surface area contributed by atoms with Crippen LogP contribution in [-0.4, -0.2) is 76.7 Å². The monoisotopic (exact) mass is 281 g/mol. The van der Waals surface area contributed by atoms with Gasteiger partial charge in [0.05, 0.1) is 6.54 Å². The molecule has 112 valence electrons. The van der Waals surface area contributed by atoms with Crippen molar-refractivity contribution in [3.05, 3.63) is 5.82 Å². The van der Waals surface area contributed by atoms with Gasteiger partial charge in [-0.2, -0.15) is 4.98 Å². The van der Waals surface area contributed by atoms with Crippen molar-refractivity contribution in [3.63, 3.8) is 0 Å². The van der Waals surface area contributed by atoms with E-state index in [1.807, 2.05) is 0 Å². The highest BCUT2D eigenvalue weighted by Gasteiger charge is 2.17. The van der Waals surface area contributed by atoms with Gasteiger partial charge in [0.25, 0.3) is 0 Å². The molecule has 1 aromatic heterocycles. The molecule has 1 aliphatic rings. The first-order valence-corrected chi connectivity index (χ1v) is 7.05. The lowest BCUT2D eigenvalue weighted by Crippen LogP contribution is -2.49. The molecule has 1 aliphatic heterocycles. The van der Waals surface area contributed by atoms with Crippen LogP contribution in [0.5, 0.6) is 0 Å². The smallest absolute Gasteiger partial charge is 0.239 e. The Morgan fingerprint density at radius 1 is 1.35 bits per heavy atom. The molecule has 0 radical (unpaired) electrons. The van der Waals surface area contributed by atoms with Crippen molar-refractivity contribution in [3.8, 4) is 0 Å². The number of anilines is 1. The number of carbonyl (C=O) groups is 1. The zero-order valence-corrected chi connectivity index (χ0v) is 11.9. The highest BCUT2D eigenvalue weighted by Crippen LogP contribution is 2.00. The number of aromatic nitrogens is 3. The molecule has 1 aromatic rings. The summed E-state index contributed by atoms with van der Waals surface area (Å²) in [6.07, 6.45) is 0.611. The Hall–Kier alpha value is -1.67. The first kappa shape index (κ1) is 14.7. The lowest BCUT2D eigenvalue weighted by Gasteiger charge is -2.33. The van der Waals surface area contributed by atoms with Gasteiger partial charge in [-0.3, -0.25) is 14.8 Å². The molecule has 0 atom stereocenters. The van der Waals surface area contributed by atoms with Crippen LogP contribution in [0.2, 0.25) is 0 Å². The van der Waals surface area contributed by atoms with Crippen LogP contribution in [0.3, 0.4) is 0 Å². The summed E-state index contributed by atoms with van der Waals surface area (Å²) < 4.78 is 0. The Labute approximate surface area is 118 Å². The highest BCUT2D eigenvalue weighted by atomic mass is 16.2. The summed E-state index contributed by atoms with van der Waals surface area (Å²) in [6.45, 7) is 8.26. The van der Waals surface area contributed by atoms with Gasteiger partial charge in [-0.15, -0.1) is 5.10 Å². The molecule has 1 saturated heterocycles. The van der Waals surface area contributed by atoms with Gasteiger partial charge < -0.3 is 16.0 Å². The molecular weight excluding hydrogens is 258 g/mol. The molecule has 1 amide bonds. The topological polar surface area (TPSA) is 103 Å². The second-order valence-electron chi connectivity index (χ2n) is 4.95. The Bertz CT molecular complexity index is 425. The highest BCUT2D eigenvalue weighted by molar-refractivity contribution is 5.78. The normalized spacial score (nSPS) is 17.2. The van der Waals surface area contributed by atoms with E-state index in [4.69, 9.17) is 5.73 Å². The zero-order valence-electron chi connectivity index (χ0n) is 11.9. The molecule has 0 saturated carbocycles. The summed E-state index contributed by atoms with van der Waals surface area (Å²) in [6, 6.07) is 0. The molecule has 4 N–H and O–H groups in total. The Balaban J connectivity index is 1.61. The fraction of sp³-hybridized carbons (Fsp3) is 0.750. The number of amides is 1. The minimum Gasteiger partial charge on any atom is -0.367 e. The summed E-state index contributed by atoms with van der Waals surface area (Å²) in [4.78, 5) is 20.4. The number of hydrogen-bond acceptors (Lipinski definition) is 6. The molecule has 0 unspecified atom stereocenters. The van der Waals surface area contributed by atoms with Crippen molar-refractivity contribution in [1.82, 2.24) is 30.3 Å². The van der Waals surface area contributed by atoms with E-state index in [1.54, 1.807) is 0 Å². The summed E-state index contributed by atoms with van der Waals surface area (Å²) in [7, 11) is 0.